The van der Waals surface area contributed by atoms with Crippen molar-refractivity contribution < 1.29 is 13.7 Å². The van der Waals surface area contributed by atoms with Crippen LogP contribution in [-0.2, 0) is 6.54 Å². The third-order valence-corrected chi connectivity index (χ3v) is 4.48. The standard InChI is InChI=1S/C19H12Cl2FN5O2/c20-12-4-5-14(15(21)7-12)17-8-16(26-29-17)18(28)24-19-23-10-27(25-19)9-11-2-1-3-13(22)6-11/h1-8,10H,9H2,(H,24,25,28). The Labute approximate surface area is 174 Å². The fraction of sp³-hybridized carbons (Fsp3) is 0.0526. The van der Waals surface area contributed by atoms with Gasteiger partial charge in [-0.05, 0) is 35.9 Å². The number of amides is 1. The number of nitrogens with one attached hydrogen (secondary N) is 1. The zero-order valence-electron chi connectivity index (χ0n) is 14.6. The van der Waals surface area contributed by atoms with Gasteiger partial charge in [-0.1, -0.05) is 40.5 Å². The molecular weight excluding hydrogens is 420 g/mol. The van der Waals surface area contributed by atoms with Gasteiger partial charge < -0.3 is 4.52 Å². The molecule has 2 aromatic heterocycles. The topological polar surface area (TPSA) is 85.8 Å². The summed E-state index contributed by atoms with van der Waals surface area (Å²) in [7, 11) is 0. The highest BCUT2D eigenvalue weighted by atomic mass is 35.5. The van der Waals surface area contributed by atoms with Gasteiger partial charge in [-0.25, -0.2) is 14.1 Å². The smallest absolute Gasteiger partial charge is 0.280 e. The molecule has 0 atom stereocenters. The predicted molar refractivity (Wildman–Crippen MR) is 105 cm³/mol. The number of anilines is 1. The number of nitrogens with zero attached hydrogens (tertiary/aromatic N) is 4. The number of carbonyl (C=O) groups excluding carboxylic acids is 1. The van der Waals surface area contributed by atoms with Gasteiger partial charge >= 0.3 is 0 Å². The average Bonchev–Trinajstić information content (AvgIpc) is 3.32. The highest BCUT2D eigenvalue weighted by Gasteiger charge is 2.17. The fourth-order valence-corrected chi connectivity index (χ4v) is 3.12. The van der Waals surface area contributed by atoms with Gasteiger partial charge in [0.1, 0.15) is 12.1 Å². The molecule has 0 saturated carbocycles. The van der Waals surface area contributed by atoms with Crippen LogP contribution in [0.4, 0.5) is 10.3 Å². The van der Waals surface area contributed by atoms with Gasteiger partial charge in [-0.15, -0.1) is 5.10 Å². The van der Waals surface area contributed by atoms with Crippen LogP contribution in [-0.4, -0.2) is 25.8 Å². The average molecular weight is 432 g/mol. The Morgan fingerprint density at radius 2 is 2.03 bits per heavy atom. The minimum absolute atomic E-state index is 0.0347. The van der Waals surface area contributed by atoms with Crippen LogP contribution in [0.15, 0.2) is 59.4 Å². The summed E-state index contributed by atoms with van der Waals surface area (Å²) in [5, 5.41) is 11.3. The first-order valence-corrected chi connectivity index (χ1v) is 9.11. The quantitative estimate of drug-likeness (QED) is 0.495. The molecule has 0 aliphatic heterocycles. The summed E-state index contributed by atoms with van der Waals surface area (Å²) in [5.74, 6) is -0.478. The van der Waals surface area contributed by atoms with E-state index in [1.807, 2.05) is 0 Å². The van der Waals surface area contributed by atoms with Gasteiger partial charge in [-0.2, -0.15) is 0 Å². The van der Waals surface area contributed by atoms with E-state index >= 15 is 0 Å². The second-order valence-electron chi connectivity index (χ2n) is 6.05. The van der Waals surface area contributed by atoms with Crippen LogP contribution in [0.3, 0.4) is 0 Å². The number of aromatic nitrogens is 4. The van der Waals surface area contributed by atoms with E-state index in [9.17, 15) is 9.18 Å². The maximum atomic E-state index is 13.3. The van der Waals surface area contributed by atoms with Crippen molar-refractivity contribution in [3.05, 3.63) is 82.0 Å². The highest BCUT2D eigenvalue weighted by molar-refractivity contribution is 6.36. The molecule has 146 valence electrons. The molecule has 1 N–H and O–H groups in total. The molecule has 0 radical (unpaired) electrons. The zero-order valence-corrected chi connectivity index (χ0v) is 16.2. The lowest BCUT2D eigenvalue weighted by Crippen LogP contribution is -2.13. The van der Waals surface area contributed by atoms with Crippen molar-refractivity contribution in [2.75, 3.05) is 5.32 Å². The Bertz CT molecular complexity index is 1190. The second-order valence-corrected chi connectivity index (χ2v) is 6.89. The fourth-order valence-electron chi connectivity index (χ4n) is 2.61. The van der Waals surface area contributed by atoms with E-state index in [0.29, 0.717) is 33.5 Å². The SMILES string of the molecule is O=C(Nc1ncn(Cc2cccc(F)c2)n1)c1cc(-c2ccc(Cl)cc2Cl)on1. The summed E-state index contributed by atoms with van der Waals surface area (Å²) >= 11 is 12.0. The van der Waals surface area contributed by atoms with E-state index in [-0.39, 0.29) is 17.5 Å². The minimum atomic E-state index is -0.548. The lowest BCUT2D eigenvalue weighted by atomic mass is 10.1. The largest absolute Gasteiger partial charge is 0.355 e. The van der Waals surface area contributed by atoms with Gasteiger partial charge in [0.25, 0.3) is 5.91 Å². The number of halogens is 3. The lowest BCUT2D eigenvalue weighted by Gasteiger charge is -2.01. The van der Waals surface area contributed by atoms with Gasteiger partial charge in [0.2, 0.25) is 5.95 Å². The van der Waals surface area contributed by atoms with Gasteiger partial charge in [0, 0.05) is 16.7 Å². The van der Waals surface area contributed by atoms with Crippen molar-refractivity contribution in [2.45, 2.75) is 6.54 Å². The minimum Gasteiger partial charge on any atom is -0.355 e. The van der Waals surface area contributed by atoms with Crippen LogP contribution in [0, 0.1) is 5.82 Å². The Morgan fingerprint density at radius 1 is 1.17 bits per heavy atom. The molecule has 1 amide bonds. The first-order valence-electron chi connectivity index (χ1n) is 8.35. The monoisotopic (exact) mass is 431 g/mol. The van der Waals surface area contributed by atoms with Crippen molar-refractivity contribution >= 4 is 35.1 Å². The van der Waals surface area contributed by atoms with Crippen LogP contribution < -0.4 is 5.32 Å². The zero-order chi connectivity index (χ0) is 20.4. The summed E-state index contributed by atoms with van der Waals surface area (Å²) in [6, 6.07) is 12.5. The first kappa shape index (κ1) is 19.1. The number of rotatable bonds is 5. The summed E-state index contributed by atoms with van der Waals surface area (Å²) in [6.07, 6.45) is 1.43. The molecule has 29 heavy (non-hydrogen) atoms. The third kappa shape index (κ3) is 4.44. The lowest BCUT2D eigenvalue weighted by molar-refractivity contribution is 0.101. The molecular formula is C19H12Cl2FN5O2. The molecule has 0 fully saturated rings. The molecule has 0 unspecified atom stereocenters. The molecule has 2 heterocycles. The summed E-state index contributed by atoms with van der Waals surface area (Å²) in [6.45, 7) is 0.309. The van der Waals surface area contributed by atoms with Crippen molar-refractivity contribution in [3.8, 4) is 11.3 Å². The number of carbonyl (C=O) groups is 1. The Morgan fingerprint density at radius 3 is 2.83 bits per heavy atom. The van der Waals surface area contributed by atoms with Gasteiger partial charge in [0.15, 0.2) is 11.5 Å². The maximum Gasteiger partial charge on any atom is 0.280 e. The summed E-state index contributed by atoms with van der Waals surface area (Å²) in [4.78, 5) is 16.4. The van der Waals surface area contributed by atoms with Crippen LogP contribution in [0.2, 0.25) is 10.0 Å². The molecule has 0 spiro atoms. The van der Waals surface area contributed by atoms with Crippen molar-refractivity contribution in [1.82, 2.24) is 19.9 Å². The third-order valence-electron chi connectivity index (χ3n) is 3.93. The molecule has 0 bridgehead atoms. The van der Waals surface area contributed by atoms with Crippen molar-refractivity contribution in [3.63, 3.8) is 0 Å². The number of hydrogen-bond donors (Lipinski definition) is 1. The summed E-state index contributed by atoms with van der Waals surface area (Å²) in [5.41, 5.74) is 1.31. The Kier molecular flexibility index (Phi) is 5.28. The molecule has 4 aromatic rings. The highest BCUT2D eigenvalue weighted by Crippen LogP contribution is 2.30. The molecule has 0 saturated heterocycles. The molecule has 10 heteroatoms. The van der Waals surface area contributed by atoms with Crippen molar-refractivity contribution in [1.29, 1.82) is 0 Å². The van der Waals surface area contributed by atoms with E-state index in [1.165, 1.54) is 29.2 Å². The molecule has 7 nitrogen and oxygen atoms in total. The molecule has 0 aliphatic rings. The Hall–Kier alpha value is -3.23. The van der Waals surface area contributed by atoms with E-state index in [2.05, 4.69) is 20.6 Å². The number of benzene rings is 2. The maximum absolute atomic E-state index is 13.3. The van der Waals surface area contributed by atoms with E-state index in [0.717, 1.165) is 0 Å². The molecule has 2 aromatic carbocycles. The molecule has 4 rings (SSSR count). The predicted octanol–water partition coefficient (Wildman–Crippen LogP) is 4.68. The summed E-state index contributed by atoms with van der Waals surface area (Å²) < 4.78 is 20.0. The van der Waals surface area contributed by atoms with Gasteiger partial charge in [0.05, 0.1) is 11.6 Å². The first-order chi connectivity index (χ1) is 14.0. The molecule has 0 aliphatic carbocycles. The van der Waals surface area contributed by atoms with E-state index < -0.39 is 5.91 Å². The van der Waals surface area contributed by atoms with E-state index in [1.54, 1.807) is 30.3 Å². The van der Waals surface area contributed by atoms with Crippen molar-refractivity contribution in [2.24, 2.45) is 0 Å². The van der Waals surface area contributed by atoms with E-state index in [4.69, 9.17) is 27.7 Å². The van der Waals surface area contributed by atoms with Crippen LogP contribution in [0.1, 0.15) is 16.1 Å². The van der Waals surface area contributed by atoms with Crippen LogP contribution in [0.5, 0.6) is 0 Å². The van der Waals surface area contributed by atoms with Crippen LogP contribution in [0.25, 0.3) is 11.3 Å². The second kappa shape index (κ2) is 8.02. The number of hydrogen-bond acceptors (Lipinski definition) is 5. The van der Waals surface area contributed by atoms with Gasteiger partial charge in [-0.3, -0.25) is 10.1 Å². The van der Waals surface area contributed by atoms with Crippen LogP contribution >= 0.6 is 23.2 Å². The Balaban J connectivity index is 1.45. The normalized spacial score (nSPS) is 10.9.